The minimum Gasteiger partial charge on any atom is -0.398 e. The molecule has 9 heteroatoms. The van der Waals surface area contributed by atoms with Crippen molar-refractivity contribution in [2.45, 2.75) is 0 Å². The number of carbonyl (C=O) groups is 1. The molecule has 3 aromatic carbocycles. The summed E-state index contributed by atoms with van der Waals surface area (Å²) < 4.78 is 4.01. The fraction of sp³-hybridized carbons (Fsp3) is 0.0690. The molecular weight excluding hydrogens is 702 g/mol. The average Bonchev–Trinajstić information content (AvgIpc) is 2.88. The van der Waals surface area contributed by atoms with Crippen molar-refractivity contribution in [3.63, 3.8) is 0 Å². The van der Waals surface area contributed by atoms with E-state index in [-0.39, 0.29) is 53.9 Å². The zero-order valence-corrected chi connectivity index (χ0v) is 25.6. The molecule has 1 amide bonds. The number of anilines is 2. The van der Waals surface area contributed by atoms with Crippen LogP contribution in [0.15, 0.2) is 114 Å². The van der Waals surface area contributed by atoms with Crippen LogP contribution in [0.3, 0.4) is 0 Å². The number of nitrogens with two attached hydrogens (primary N) is 1. The molecule has 2 heterocycles. The highest BCUT2D eigenvalue weighted by Crippen LogP contribution is 2.23. The quantitative estimate of drug-likeness (QED) is 0.174. The van der Waals surface area contributed by atoms with E-state index in [1.165, 1.54) is 0 Å². The van der Waals surface area contributed by atoms with Gasteiger partial charge in [-0.1, -0.05) is 18.2 Å². The number of aromatic nitrogens is 2. The fourth-order valence-electron chi connectivity index (χ4n) is 3.95. The predicted molar refractivity (Wildman–Crippen MR) is 175 cm³/mol. The maximum Gasteiger partial charge on any atom is 0.257 e. The van der Waals surface area contributed by atoms with Crippen LogP contribution in [0.2, 0.25) is 0 Å². The zero-order valence-electron chi connectivity index (χ0n) is 20.9. The van der Waals surface area contributed by atoms with Crippen molar-refractivity contribution in [3.8, 4) is 0 Å². The first-order valence-electron chi connectivity index (χ1n) is 11.5. The maximum absolute atomic E-state index is 12.9. The Bertz CT molecular complexity index is 1700. The first-order valence-corrected chi connectivity index (χ1v) is 11.5. The lowest BCUT2D eigenvalue weighted by atomic mass is 10.1. The average molecular weight is 730 g/mol. The molecule has 0 saturated carbocycles. The van der Waals surface area contributed by atoms with E-state index in [0.29, 0.717) is 22.6 Å². The van der Waals surface area contributed by atoms with Crippen LogP contribution in [-0.2, 0) is 14.1 Å². The molecule has 194 valence electrons. The number of hydrogen-bond acceptors (Lipinski definition) is 4. The lowest BCUT2D eigenvalue weighted by Gasteiger charge is -2.09. The summed E-state index contributed by atoms with van der Waals surface area (Å²) in [6.45, 7) is 0. The monoisotopic (exact) mass is 730 g/mol. The molecule has 0 saturated heterocycles. The van der Waals surface area contributed by atoms with Crippen LogP contribution in [0.1, 0.15) is 10.4 Å². The summed E-state index contributed by atoms with van der Waals surface area (Å²) in [4.78, 5) is 22.2. The van der Waals surface area contributed by atoms with Gasteiger partial charge < -0.3 is 20.2 Å². The lowest BCUT2D eigenvalue weighted by molar-refractivity contribution is 0.102. The van der Waals surface area contributed by atoms with Crippen LogP contribution in [0.5, 0.6) is 0 Å². The molecule has 0 atom stereocenters. The number of fused-ring (bicyclic) bond motifs is 1. The molecule has 0 radical (unpaired) electrons. The molecule has 5 rings (SSSR count). The van der Waals surface area contributed by atoms with Gasteiger partial charge in [0.25, 0.3) is 5.91 Å². The second-order valence-electron chi connectivity index (χ2n) is 8.55. The largest absolute Gasteiger partial charge is 0.398 e. The summed E-state index contributed by atoms with van der Waals surface area (Å²) in [6, 6.07) is 26.5. The Labute approximate surface area is 254 Å². The van der Waals surface area contributed by atoms with Gasteiger partial charge in [-0.25, -0.2) is 9.98 Å². The Balaban J connectivity index is 0.00000200. The van der Waals surface area contributed by atoms with Gasteiger partial charge in [-0.15, -0.1) is 48.0 Å². The van der Waals surface area contributed by atoms with Gasteiger partial charge in [0.15, 0.2) is 0 Å². The first kappa shape index (κ1) is 29.1. The molecule has 0 aliphatic rings. The number of aryl methyl sites for hydroxylation is 2. The Hall–Kier alpha value is -3.45. The van der Waals surface area contributed by atoms with E-state index in [4.69, 9.17) is 10.7 Å². The normalized spacial score (nSPS) is 10.8. The third kappa shape index (κ3) is 6.70. The number of para-hydroxylation sites is 1. The van der Waals surface area contributed by atoms with E-state index in [1.807, 2.05) is 97.9 Å². The summed E-state index contributed by atoms with van der Waals surface area (Å²) in [5.41, 5.74) is 10.2. The minimum atomic E-state index is -0.281. The highest BCUT2D eigenvalue weighted by molar-refractivity contribution is 14.0. The molecule has 0 aliphatic heterocycles. The van der Waals surface area contributed by atoms with Crippen molar-refractivity contribution in [3.05, 3.63) is 120 Å². The molecule has 0 fully saturated rings. The number of nitrogen functional groups attached to an aromatic ring is 1. The van der Waals surface area contributed by atoms with Gasteiger partial charge in [0, 0.05) is 55.0 Å². The van der Waals surface area contributed by atoms with E-state index in [0.717, 1.165) is 27.3 Å². The van der Waals surface area contributed by atoms with Gasteiger partial charge >= 0.3 is 0 Å². The Morgan fingerprint density at radius 2 is 1.47 bits per heavy atom. The molecule has 0 spiro atoms. The van der Waals surface area contributed by atoms with Crippen molar-refractivity contribution in [2.24, 2.45) is 24.1 Å². The molecular formula is C29H28I2N6O. The molecule has 0 unspecified atom stereocenters. The number of hydrogen-bond donors (Lipinski definition) is 2. The highest BCUT2D eigenvalue weighted by Gasteiger charge is 2.11. The van der Waals surface area contributed by atoms with Gasteiger partial charge in [-0.05, 0) is 66.7 Å². The molecule has 2 aromatic heterocycles. The van der Waals surface area contributed by atoms with Crippen molar-refractivity contribution in [2.75, 3.05) is 11.1 Å². The second-order valence-corrected chi connectivity index (χ2v) is 8.55. The Kier molecular flexibility index (Phi) is 9.86. The maximum atomic E-state index is 12.9. The van der Waals surface area contributed by atoms with Gasteiger partial charge in [0.1, 0.15) is 0 Å². The smallest absolute Gasteiger partial charge is 0.257 e. The molecule has 38 heavy (non-hydrogen) atoms. The van der Waals surface area contributed by atoms with Crippen LogP contribution in [0, 0.1) is 0 Å². The van der Waals surface area contributed by atoms with E-state index in [1.54, 1.807) is 18.2 Å². The third-order valence-electron chi connectivity index (χ3n) is 5.89. The topological polar surface area (TPSA) is 89.7 Å². The SMILES string of the molecule is Cn1ccc(=Nc2ccc(NC(=O)c3ccc(N=c4ccn(C)c5ccccc45)cc3N)cc2)cc1.I.I. The summed E-state index contributed by atoms with van der Waals surface area (Å²) in [5, 5.41) is 5.65. The highest BCUT2D eigenvalue weighted by atomic mass is 127. The number of benzene rings is 3. The molecule has 7 nitrogen and oxygen atoms in total. The molecule has 3 N–H and O–H groups in total. The van der Waals surface area contributed by atoms with Crippen LogP contribution < -0.4 is 21.8 Å². The number of halogens is 2. The van der Waals surface area contributed by atoms with Crippen molar-refractivity contribution in [1.82, 2.24) is 9.13 Å². The van der Waals surface area contributed by atoms with Crippen LogP contribution in [-0.4, -0.2) is 15.0 Å². The number of rotatable bonds is 4. The lowest BCUT2D eigenvalue weighted by Crippen LogP contribution is -2.14. The van der Waals surface area contributed by atoms with Gasteiger partial charge in [0.2, 0.25) is 0 Å². The number of amides is 1. The summed E-state index contributed by atoms with van der Waals surface area (Å²) >= 11 is 0. The van der Waals surface area contributed by atoms with Gasteiger partial charge in [0.05, 0.1) is 27.7 Å². The van der Waals surface area contributed by atoms with E-state index < -0.39 is 0 Å². The molecule has 0 aliphatic carbocycles. The van der Waals surface area contributed by atoms with Crippen LogP contribution >= 0.6 is 48.0 Å². The standard InChI is InChI=1S/C29H26N6O.2HI/c1-34-16-13-22(14-17-34)31-20-7-9-21(10-8-20)33-29(36)24-12-11-23(19-26(24)30)32-27-15-18-35(2)28-6-4-3-5-25(27)28;;/h3-19H,30H2,1-2H3,(H,33,36);2*1H. The summed E-state index contributed by atoms with van der Waals surface area (Å²) in [6.07, 6.45) is 5.86. The number of nitrogens with one attached hydrogen (secondary N) is 1. The van der Waals surface area contributed by atoms with Gasteiger partial charge in [-0.3, -0.25) is 4.79 Å². The van der Waals surface area contributed by atoms with E-state index >= 15 is 0 Å². The Morgan fingerprint density at radius 1 is 0.789 bits per heavy atom. The molecule has 5 aromatic rings. The third-order valence-corrected chi connectivity index (χ3v) is 5.89. The number of nitrogens with zero attached hydrogens (tertiary/aromatic N) is 4. The Morgan fingerprint density at radius 3 is 2.18 bits per heavy atom. The van der Waals surface area contributed by atoms with Crippen LogP contribution in [0.4, 0.5) is 22.7 Å². The van der Waals surface area contributed by atoms with Crippen LogP contribution in [0.25, 0.3) is 10.9 Å². The first-order chi connectivity index (χ1) is 17.5. The predicted octanol–water partition coefficient (Wildman–Crippen LogP) is 6.05. The fourth-order valence-corrected chi connectivity index (χ4v) is 3.95. The molecule has 0 bridgehead atoms. The van der Waals surface area contributed by atoms with E-state index in [2.05, 4.69) is 20.9 Å². The van der Waals surface area contributed by atoms with E-state index in [9.17, 15) is 4.79 Å². The number of carbonyl (C=O) groups excluding carboxylic acids is 1. The second kappa shape index (κ2) is 12.9. The summed E-state index contributed by atoms with van der Waals surface area (Å²) in [7, 11) is 3.96. The van der Waals surface area contributed by atoms with Crippen molar-refractivity contribution >= 4 is 87.5 Å². The zero-order chi connectivity index (χ0) is 25.1. The minimum absolute atomic E-state index is 0. The number of pyridine rings is 2. The summed E-state index contributed by atoms with van der Waals surface area (Å²) in [5.74, 6) is -0.281. The van der Waals surface area contributed by atoms with Crippen molar-refractivity contribution in [1.29, 1.82) is 0 Å². The van der Waals surface area contributed by atoms with Gasteiger partial charge in [-0.2, -0.15) is 0 Å². The van der Waals surface area contributed by atoms with Crippen molar-refractivity contribution < 1.29 is 4.79 Å².